The topological polar surface area (TPSA) is 38.0 Å². The molecule has 18 heavy (non-hydrogen) atoms. The summed E-state index contributed by atoms with van der Waals surface area (Å²) in [4.78, 5) is 0. The second kappa shape index (κ2) is 6.93. The van der Waals surface area contributed by atoms with Gasteiger partial charge in [-0.05, 0) is 37.7 Å². The van der Waals surface area contributed by atoms with Crippen LogP contribution in [0.1, 0.15) is 59.2 Å². The van der Waals surface area contributed by atoms with Crippen molar-refractivity contribution in [3.8, 4) is 0 Å². The summed E-state index contributed by atoms with van der Waals surface area (Å²) >= 11 is 0. The third-order valence-electron chi connectivity index (χ3n) is 3.62. The van der Waals surface area contributed by atoms with Crippen molar-refractivity contribution in [1.82, 2.24) is 9.78 Å². The molecule has 3 heteroatoms. The first-order valence-electron chi connectivity index (χ1n) is 7.16. The maximum absolute atomic E-state index is 10.2. The molecule has 3 unspecified atom stereocenters. The molecule has 1 aromatic heterocycles. The van der Waals surface area contributed by atoms with E-state index in [1.54, 1.807) is 0 Å². The quantitative estimate of drug-likeness (QED) is 0.807. The lowest BCUT2D eigenvalue weighted by molar-refractivity contribution is 0.104. The number of rotatable bonds is 7. The minimum absolute atomic E-state index is 0.285. The van der Waals surface area contributed by atoms with Crippen molar-refractivity contribution in [2.75, 3.05) is 0 Å². The van der Waals surface area contributed by atoms with E-state index in [4.69, 9.17) is 0 Å². The van der Waals surface area contributed by atoms with Gasteiger partial charge in [0.25, 0.3) is 0 Å². The van der Waals surface area contributed by atoms with Gasteiger partial charge in [-0.15, -0.1) is 0 Å². The first-order chi connectivity index (χ1) is 8.43. The summed E-state index contributed by atoms with van der Waals surface area (Å²) < 4.78 is 2.00. The highest BCUT2D eigenvalue weighted by Crippen LogP contribution is 2.18. The molecule has 3 nitrogen and oxygen atoms in total. The maximum Gasteiger partial charge on any atom is 0.0650 e. The zero-order chi connectivity index (χ0) is 13.7. The predicted octanol–water partition coefficient (Wildman–Crippen LogP) is 3.44. The molecule has 0 amide bonds. The number of aromatic nitrogens is 2. The van der Waals surface area contributed by atoms with Crippen LogP contribution in [0.25, 0.3) is 0 Å². The lowest BCUT2D eigenvalue weighted by atomic mass is 9.92. The first kappa shape index (κ1) is 15.2. The fourth-order valence-electron chi connectivity index (χ4n) is 2.23. The molecule has 0 radical (unpaired) electrons. The van der Waals surface area contributed by atoms with Gasteiger partial charge in [-0.2, -0.15) is 5.10 Å². The van der Waals surface area contributed by atoms with E-state index in [0.717, 1.165) is 18.5 Å². The molecule has 1 rings (SSSR count). The summed E-state index contributed by atoms with van der Waals surface area (Å²) in [6, 6.07) is 2.46. The van der Waals surface area contributed by atoms with Crippen molar-refractivity contribution < 1.29 is 5.11 Å². The standard InChI is InChI=1S/C15H28N2O/c1-6-13(5)17-8-7-14(16-17)10-15(18)12(4)9-11(2)3/h7-8,11-13,15,18H,6,9-10H2,1-5H3. The molecule has 0 aliphatic rings. The molecule has 0 aromatic carbocycles. The zero-order valence-corrected chi connectivity index (χ0v) is 12.4. The van der Waals surface area contributed by atoms with Gasteiger partial charge in [0.15, 0.2) is 0 Å². The van der Waals surface area contributed by atoms with Crippen LogP contribution in [0, 0.1) is 11.8 Å². The molecule has 0 saturated carbocycles. The predicted molar refractivity (Wildman–Crippen MR) is 75.6 cm³/mol. The minimum Gasteiger partial charge on any atom is -0.392 e. The second-order valence-electron chi connectivity index (χ2n) is 5.92. The summed E-state index contributed by atoms with van der Waals surface area (Å²) in [5, 5.41) is 14.7. The van der Waals surface area contributed by atoms with Crippen LogP contribution in [0.4, 0.5) is 0 Å². The molecule has 1 N–H and O–H groups in total. The number of aliphatic hydroxyl groups is 1. The molecule has 0 saturated heterocycles. The van der Waals surface area contributed by atoms with Gasteiger partial charge in [0.05, 0.1) is 11.8 Å². The highest BCUT2D eigenvalue weighted by molar-refractivity contribution is 5.01. The fourth-order valence-corrected chi connectivity index (χ4v) is 2.23. The molecule has 0 fully saturated rings. The van der Waals surface area contributed by atoms with Crippen LogP contribution in [0.15, 0.2) is 12.3 Å². The average Bonchev–Trinajstić information content (AvgIpc) is 2.75. The average molecular weight is 252 g/mol. The van der Waals surface area contributed by atoms with Crippen molar-refractivity contribution in [1.29, 1.82) is 0 Å². The van der Waals surface area contributed by atoms with E-state index < -0.39 is 0 Å². The van der Waals surface area contributed by atoms with E-state index in [9.17, 15) is 5.11 Å². The molecular weight excluding hydrogens is 224 g/mol. The molecule has 0 aliphatic heterocycles. The molecule has 3 atom stereocenters. The van der Waals surface area contributed by atoms with Crippen LogP contribution in [-0.4, -0.2) is 21.0 Å². The van der Waals surface area contributed by atoms with Gasteiger partial charge in [-0.25, -0.2) is 0 Å². The van der Waals surface area contributed by atoms with E-state index in [-0.39, 0.29) is 6.10 Å². The third kappa shape index (κ3) is 4.45. The molecule has 104 valence electrons. The Balaban J connectivity index is 2.54. The van der Waals surface area contributed by atoms with Crippen LogP contribution in [-0.2, 0) is 6.42 Å². The van der Waals surface area contributed by atoms with Crippen molar-refractivity contribution in [3.05, 3.63) is 18.0 Å². The largest absolute Gasteiger partial charge is 0.392 e. The maximum atomic E-state index is 10.2. The van der Waals surface area contributed by atoms with Gasteiger partial charge in [-0.1, -0.05) is 27.7 Å². The van der Waals surface area contributed by atoms with E-state index in [1.165, 1.54) is 0 Å². The zero-order valence-electron chi connectivity index (χ0n) is 12.4. The SMILES string of the molecule is CCC(C)n1ccc(CC(O)C(C)CC(C)C)n1. The molecule has 1 aromatic rings. The summed E-state index contributed by atoms with van der Waals surface area (Å²) in [5.74, 6) is 0.964. The van der Waals surface area contributed by atoms with Gasteiger partial charge in [0.2, 0.25) is 0 Å². The number of hydrogen-bond acceptors (Lipinski definition) is 2. The molecule has 0 aliphatic carbocycles. The van der Waals surface area contributed by atoms with Crippen LogP contribution in [0.5, 0.6) is 0 Å². The number of hydrogen-bond donors (Lipinski definition) is 1. The van der Waals surface area contributed by atoms with Crippen molar-refractivity contribution >= 4 is 0 Å². The fraction of sp³-hybridized carbons (Fsp3) is 0.800. The summed E-state index contributed by atoms with van der Waals surface area (Å²) in [6.45, 7) is 10.8. The van der Waals surface area contributed by atoms with E-state index in [0.29, 0.717) is 24.3 Å². The monoisotopic (exact) mass is 252 g/mol. The smallest absolute Gasteiger partial charge is 0.0650 e. The Morgan fingerprint density at radius 3 is 2.50 bits per heavy atom. The molecule has 0 spiro atoms. The Hall–Kier alpha value is -0.830. The van der Waals surface area contributed by atoms with Gasteiger partial charge >= 0.3 is 0 Å². The number of nitrogens with zero attached hydrogens (tertiary/aromatic N) is 2. The van der Waals surface area contributed by atoms with E-state index in [2.05, 4.69) is 39.7 Å². The second-order valence-corrected chi connectivity index (χ2v) is 5.92. The van der Waals surface area contributed by atoms with Gasteiger partial charge < -0.3 is 5.11 Å². The summed E-state index contributed by atoms with van der Waals surface area (Å²) in [7, 11) is 0. The summed E-state index contributed by atoms with van der Waals surface area (Å²) in [6.07, 6.45) is 4.54. The Morgan fingerprint density at radius 2 is 1.94 bits per heavy atom. The van der Waals surface area contributed by atoms with Crippen LogP contribution >= 0.6 is 0 Å². The van der Waals surface area contributed by atoms with E-state index >= 15 is 0 Å². The number of aliphatic hydroxyl groups excluding tert-OH is 1. The molecule has 1 heterocycles. The first-order valence-corrected chi connectivity index (χ1v) is 7.16. The lowest BCUT2D eigenvalue weighted by Gasteiger charge is -2.19. The molecule has 0 bridgehead atoms. The Kier molecular flexibility index (Phi) is 5.86. The van der Waals surface area contributed by atoms with Crippen LogP contribution in [0.2, 0.25) is 0 Å². The highest BCUT2D eigenvalue weighted by atomic mass is 16.3. The van der Waals surface area contributed by atoms with Crippen molar-refractivity contribution in [2.24, 2.45) is 11.8 Å². The minimum atomic E-state index is -0.285. The van der Waals surface area contributed by atoms with Crippen LogP contribution < -0.4 is 0 Å². The Bertz CT molecular complexity index is 346. The van der Waals surface area contributed by atoms with Crippen LogP contribution in [0.3, 0.4) is 0 Å². The summed E-state index contributed by atoms with van der Waals surface area (Å²) in [5.41, 5.74) is 0.999. The van der Waals surface area contributed by atoms with E-state index in [1.807, 2.05) is 16.9 Å². The molecular formula is C15H28N2O. The third-order valence-corrected chi connectivity index (χ3v) is 3.62. The highest BCUT2D eigenvalue weighted by Gasteiger charge is 2.17. The van der Waals surface area contributed by atoms with Crippen molar-refractivity contribution in [3.63, 3.8) is 0 Å². The Labute approximate surface area is 111 Å². The van der Waals surface area contributed by atoms with Gasteiger partial charge in [0.1, 0.15) is 0 Å². The van der Waals surface area contributed by atoms with Crippen molar-refractivity contribution in [2.45, 2.75) is 66.0 Å². The normalized spacial score (nSPS) is 16.8. The lowest BCUT2D eigenvalue weighted by Crippen LogP contribution is -2.22. The van der Waals surface area contributed by atoms with Gasteiger partial charge in [0, 0.05) is 18.7 Å². The van der Waals surface area contributed by atoms with Gasteiger partial charge in [-0.3, -0.25) is 4.68 Å². The Morgan fingerprint density at radius 1 is 1.28 bits per heavy atom.